The van der Waals surface area contributed by atoms with E-state index >= 15 is 0 Å². The lowest BCUT2D eigenvalue weighted by Crippen LogP contribution is -2.03. The van der Waals surface area contributed by atoms with Crippen molar-refractivity contribution in [3.05, 3.63) is 35.1 Å². The molecule has 2 rings (SSSR count). The van der Waals surface area contributed by atoms with Gasteiger partial charge in [0.05, 0.1) is 0 Å². The molecular weight excluding hydrogens is 270 g/mol. The molecule has 1 aliphatic rings. The topological polar surface area (TPSA) is 98.5 Å². The average Bonchev–Trinajstić information content (AvgIpc) is 3.12. The Hall–Kier alpha value is -1.63. The Bertz CT molecular complexity index is 501. The summed E-state index contributed by atoms with van der Waals surface area (Å²) >= 11 is 5.78. The van der Waals surface area contributed by atoms with Crippen LogP contribution < -0.4 is 5.32 Å². The van der Waals surface area contributed by atoms with Crippen LogP contribution in [-0.2, 0) is 4.74 Å². The minimum absolute atomic E-state index is 0.0118. The van der Waals surface area contributed by atoms with Crippen LogP contribution in [0.15, 0.2) is 24.4 Å². The van der Waals surface area contributed by atoms with Crippen LogP contribution in [0.5, 0.6) is 0 Å². The normalized spacial score (nSPS) is 14.9. The first kappa shape index (κ1) is 13.8. The van der Waals surface area contributed by atoms with Gasteiger partial charge in [0, 0.05) is 17.8 Å². The number of nitrogens with one attached hydrogen (secondary N) is 2. The Morgan fingerprint density at radius 1 is 1.53 bits per heavy atom. The Morgan fingerprint density at radius 2 is 2.26 bits per heavy atom. The zero-order chi connectivity index (χ0) is 13.8. The first-order valence-corrected chi connectivity index (χ1v) is 6.15. The van der Waals surface area contributed by atoms with Crippen molar-refractivity contribution in [3.8, 4) is 0 Å². The number of aliphatic hydroxyl groups excluding tert-OH is 1. The van der Waals surface area contributed by atoms with Gasteiger partial charge in [0.1, 0.15) is 17.1 Å². The summed E-state index contributed by atoms with van der Waals surface area (Å²) in [7, 11) is 0. The van der Waals surface area contributed by atoms with E-state index in [1.807, 2.05) is 0 Å². The first-order chi connectivity index (χ1) is 9.06. The summed E-state index contributed by atoms with van der Waals surface area (Å²) in [6, 6.07) is 3.01. The molecule has 0 amide bonds. The molecule has 0 bridgehead atoms. The largest absolute Gasteiger partial charge is 0.475 e. The molecule has 0 spiro atoms. The number of pyridine rings is 1. The lowest BCUT2D eigenvalue weighted by Gasteiger charge is -2.07. The highest BCUT2D eigenvalue weighted by Gasteiger charge is 2.23. The molecule has 0 aliphatic heterocycles. The fraction of sp³-hybridized carbons (Fsp3) is 0.333. The van der Waals surface area contributed by atoms with Crippen molar-refractivity contribution >= 4 is 23.3 Å². The van der Waals surface area contributed by atoms with Crippen LogP contribution >= 0.6 is 11.6 Å². The number of aliphatic hydroxyl groups is 2. The standard InChI is InChI=1S/C12H14ClN3O3/c13-11-8(12(17)18)3-4-10(16-11)15-6-5-9(14)19-7-1-2-7/h3-7,12,14,17-18H,1-2H2,(H,15,16)/b6-5-,14-9?. The predicted octanol–water partition coefficient (Wildman–Crippen LogP) is 1.80. The van der Waals surface area contributed by atoms with Crippen LogP contribution in [0.3, 0.4) is 0 Å². The summed E-state index contributed by atoms with van der Waals surface area (Å²) in [5.74, 6) is 0.522. The Balaban J connectivity index is 1.90. The molecule has 1 aromatic heterocycles. The minimum atomic E-state index is -1.65. The zero-order valence-electron chi connectivity index (χ0n) is 10.0. The molecule has 1 saturated carbocycles. The van der Waals surface area contributed by atoms with Gasteiger partial charge in [0.25, 0.3) is 0 Å². The summed E-state index contributed by atoms with van der Waals surface area (Å²) in [6.07, 6.45) is 3.54. The van der Waals surface area contributed by atoms with E-state index in [9.17, 15) is 0 Å². The summed E-state index contributed by atoms with van der Waals surface area (Å²) < 4.78 is 5.22. The average molecular weight is 284 g/mol. The number of ether oxygens (including phenoxy) is 1. The van der Waals surface area contributed by atoms with Gasteiger partial charge in [0.2, 0.25) is 5.90 Å². The third-order valence-electron chi connectivity index (χ3n) is 2.44. The lowest BCUT2D eigenvalue weighted by molar-refractivity contribution is -0.0426. The summed E-state index contributed by atoms with van der Waals surface area (Å²) in [5, 5.41) is 28.3. The van der Waals surface area contributed by atoms with Gasteiger partial charge in [-0.05, 0) is 25.0 Å². The molecule has 0 atom stereocenters. The highest BCUT2D eigenvalue weighted by atomic mass is 35.5. The summed E-state index contributed by atoms with van der Waals surface area (Å²) in [6.45, 7) is 0. The molecule has 0 radical (unpaired) electrons. The number of nitrogens with zero attached hydrogens (tertiary/aromatic N) is 1. The maximum atomic E-state index is 8.99. The molecule has 102 valence electrons. The van der Waals surface area contributed by atoms with Crippen LogP contribution in [0.1, 0.15) is 24.7 Å². The molecule has 0 aromatic carbocycles. The van der Waals surface area contributed by atoms with Crippen molar-refractivity contribution in [2.75, 3.05) is 5.32 Å². The van der Waals surface area contributed by atoms with Gasteiger partial charge in [-0.3, -0.25) is 5.41 Å². The van der Waals surface area contributed by atoms with Crippen molar-refractivity contribution in [2.24, 2.45) is 0 Å². The van der Waals surface area contributed by atoms with Crippen molar-refractivity contribution in [1.29, 1.82) is 5.41 Å². The third-order valence-corrected chi connectivity index (χ3v) is 2.74. The molecule has 7 heteroatoms. The Morgan fingerprint density at radius 3 is 2.84 bits per heavy atom. The lowest BCUT2D eigenvalue weighted by atomic mass is 10.3. The van der Waals surface area contributed by atoms with E-state index < -0.39 is 6.29 Å². The molecule has 4 N–H and O–H groups in total. The molecule has 1 fully saturated rings. The number of anilines is 1. The summed E-state index contributed by atoms with van der Waals surface area (Å²) in [5.41, 5.74) is 0.140. The molecular formula is C12H14ClN3O3. The van der Waals surface area contributed by atoms with E-state index in [2.05, 4.69) is 10.3 Å². The molecule has 1 heterocycles. The predicted molar refractivity (Wildman–Crippen MR) is 71.0 cm³/mol. The third kappa shape index (κ3) is 4.20. The first-order valence-electron chi connectivity index (χ1n) is 5.77. The number of hydrogen-bond acceptors (Lipinski definition) is 6. The van der Waals surface area contributed by atoms with E-state index in [-0.39, 0.29) is 22.7 Å². The summed E-state index contributed by atoms with van der Waals surface area (Å²) in [4.78, 5) is 3.94. The zero-order valence-corrected chi connectivity index (χ0v) is 10.8. The number of aromatic nitrogens is 1. The van der Waals surface area contributed by atoms with Crippen molar-refractivity contribution in [1.82, 2.24) is 4.98 Å². The SMILES string of the molecule is N=C(/C=C\Nc1ccc(C(O)O)c(Cl)n1)OC1CC1. The van der Waals surface area contributed by atoms with Gasteiger partial charge in [-0.2, -0.15) is 0 Å². The van der Waals surface area contributed by atoms with Crippen molar-refractivity contribution in [2.45, 2.75) is 25.2 Å². The van der Waals surface area contributed by atoms with Crippen LogP contribution in [0.4, 0.5) is 5.82 Å². The second kappa shape index (κ2) is 6.01. The molecule has 0 unspecified atom stereocenters. The quantitative estimate of drug-likeness (QED) is 0.286. The Labute approximate surface area is 115 Å². The highest BCUT2D eigenvalue weighted by molar-refractivity contribution is 6.30. The van der Waals surface area contributed by atoms with E-state index in [1.165, 1.54) is 18.3 Å². The monoisotopic (exact) mass is 283 g/mol. The maximum Gasteiger partial charge on any atom is 0.207 e. The molecule has 1 aliphatic carbocycles. The fourth-order valence-electron chi connectivity index (χ4n) is 1.33. The van der Waals surface area contributed by atoms with Gasteiger partial charge in [-0.15, -0.1) is 0 Å². The van der Waals surface area contributed by atoms with Crippen molar-refractivity contribution < 1.29 is 14.9 Å². The van der Waals surface area contributed by atoms with Crippen LogP contribution in [-0.4, -0.2) is 27.2 Å². The Kier molecular flexibility index (Phi) is 4.36. The molecule has 6 nitrogen and oxygen atoms in total. The van der Waals surface area contributed by atoms with Gasteiger partial charge >= 0.3 is 0 Å². The van der Waals surface area contributed by atoms with Gasteiger partial charge in [-0.25, -0.2) is 4.98 Å². The van der Waals surface area contributed by atoms with Crippen molar-refractivity contribution in [3.63, 3.8) is 0 Å². The number of hydrogen-bond donors (Lipinski definition) is 4. The molecule has 1 aromatic rings. The van der Waals surface area contributed by atoms with E-state index in [0.29, 0.717) is 5.82 Å². The van der Waals surface area contributed by atoms with Gasteiger partial charge in [0.15, 0.2) is 6.29 Å². The highest BCUT2D eigenvalue weighted by Crippen LogP contribution is 2.23. The van der Waals surface area contributed by atoms with Gasteiger partial charge < -0.3 is 20.3 Å². The van der Waals surface area contributed by atoms with Crippen LogP contribution in [0.2, 0.25) is 5.15 Å². The fourth-order valence-corrected chi connectivity index (χ4v) is 1.58. The minimum Gasteiger partial charge on any atom is -0.475 e. The smallest absolute Gasteiger partial charge is 0.207 e. The molecule has 0 saturated heterocycles. The second-order valence-corrected chi connectivity index (χ2v) is 4.47. The number of rotatable bonds is 5. The van der Waals surface area contributed by atoms with E-state index in [0.717, 1.165) is 12.8 Å². The van der Waals surface area contributed by atoms with Gasteiger partial charge in [-0.1, -0.05) is 11.6 Å². The molecule has 19 heavy (non-hydrogen) atoms. The number of halogens is 1. The van der Waals surface area contributed by atoms with Crippen LogP contribution in [0, 0.1) is 5.41 Å². The maximum absolute atomic E-state index is 8.99. The van der Waals surface area contributed by atoms with E-state index in [4.69, 9.17) is 32.0 Å². The second-order valence-electron chi connectivity index (χ2n) is 4.11. The van der Waals surface area contributed by atoms with Crippen LogP contribution in [0.25, 0.3) is 0 Å². The van der Waals surface area contributed by atoms with E-state index in [1.54, 1.807) is 6.07 Å².